The Morgan fingerprint density at radius 1 is 1.40 bits per heavy atom. The van der Waals surface area contributed by atoms with Gasteiger partial charge in [0.2, 0.25) is 5.78 Å². The summed E-state index contributed by atoms with van der Waals surface area (Å²) in [4.78, 5) is 21.5. The lowest BCUT2D eigenvalue weighted by Crippen LogP contribution is -2.13. The number of hydrogen-bond donors (Lipinski definition) is 0. The molecule has 0 saturated heterocycles. The van der Waals surface area contributed by atoms with Crippen molar-refractivity contribution in [2.75, 3.05) is 0 Å². The summed E-state index contributed by atoms with van der Waals surface area (Å²) in [6.07, 6.45) is 1.68. The lowest BCUT2D eigenvalue weighted by molar-refractivity contribution is -0.153. The molecule has 1 aromatic rings. The Kier molecular flexibility index (Phi) is 3.80. The van der Waals surface area contributed by atoms with Crippen LogP contribution in [0.25, 0.3) is 6.08 Å². The molecule has 0 aromatic heterocycles. The van der Waals surface area contributed by atoms with E-state index >= 15 is 0 Å². The van der Waals surface area contributed by atoms with E-state index in [2.05, 4.69) is 6.58 Å². The summed E-state index contributed by atoms with van der Waals surface area (Å²) in [5, 5.41) is 0. The van der Waals surface area contributed by atoms with Gasteiger partial charge in [-0.3, -0.25) is 4.79 Å². The summed E-state index contributed by atoms with van der Waals surface area (Å²) in [5.74, 6) is -1.40. The zero-order valence-electron chi connectivity index (χ0n) is 8.53. The molecule has 0 aliphatic heterocycles. The fourth-order valence-electron chi connectivity index (χ4n) is 1.11. The fraction of sp³-hybridized carbons (Fsp3) is 0.167. The van der Waals surface area contributed by atoms with E-state index in [-0.39, 0.29) is 6.61 Å². The van der Waals surface area contributed by atoms with E-state index in [1.165, 1.54) is 6.92 Å². The van der Waals surface area contributed by atoms with Crippen LogP contribution in [0.3, 0.4) is 0 Å². The first-order valence-electron chi connectivity index (χ1n) is 4.53. The summed E-state index contributed by atoms with van der Waals surface area (Å²) in [7, 11) is 0. The molecule has 0 spiro atoms. The maximum atomic E-state index is 10.9. The largest absolute Gasteiger partial charge is 0.455 e. The third kappa shape index (κ3) is 3.06. The number of carbonyl (C=O) groups excluding carboxylic acids is 2. The van der Waals surface area contributed by atoms with Crippen molar-refractivity contribution in [2.45, 2.75) is 13.5 Å². The topological polar surface area (TPSA) is 43.4 Å². The number of benzene rings is 1. The molecule has 1 aromatic carbocycles. The Bertz CT molecular complexity index is 394. The van der Waals surface area contributed by atoms with Crippen LogP contribution in [0.15, 0.2) is 30.8 Å². The van der Waals surface area contributed by atoms with Crippen molar-refractivity contribution in [1.29, 1.82) is 0 Å². The standard InChI is InChI=1S/C12H12O3/c1-3-10-6-4-5-7-11(10)8-15-12(14)9(2)13/h3-7H,1,8H2,2H3. The van der Waals surface area contributed by atoms with Gasteiger partial charge in [0, 0.05) is 6.92 Å². The molecular weight excluding hydrogens is 192 g/mol. The van der Waals surface area contributed by atoms with Gasteiger partial charge in [0.1, 0.15) is 6.61 Å². The summed E-state index contributed by atoms with van der Waals surface area (Å²) < 4.78 is 4.80. The molecule has 0 saturated carbocycles. The molecule has 0 heterocycles. The average Bonchev–Trinajstić information content (AvgIpc) is 2.26. The Labute approximate surface area is 88.4 Å². The van der Waals surface area contributed by atoms with Crippen LogP contribution in [0.2, 0.25) is 0 Å². The van der Waals surface area contributed by atoms with Crippen molar-refractivity contribution >= 4 is 17.8 Å². The zero-order valence-corrected chi connectivity index (χ0v) is 8.53. The van der Waals surface area contributed by atoms with Gasteiger partial charge in [0.25, 0.3) is 0 Å². The molecule has 0 amide bonds. The molecule has 1 rings (SSSR count). The number of Topliss-reactive ketones (excluding diaryl/α,β-unsaturated/α-hetero) is 1. The molecule has 15 heavy (non-hydrogen) atoms. The molecule has 0 fully saturated rings. The highest BCUT2D eigenvalue weighted by molar-refractivity contribution is 6.32. The van der Waals surface area contributed by atoms with Crippen LogP contribution in [0, 0.1) is 0 Å². The lowest BCUT2D eigenvalue weighted by atomic mass is 10.1. The van der Waals surface area contributed by atoms with Crippen LogP contribution in [0.1, 0.15) is 18.1 Å². The molecule has 0 aliphatic carbocycles. The van der Waals surface area contributed by atoms with Gasteiger partial charge in [-0.2, -0.15) is 0 Å². The SMILES string of the molecule is C=Cc1ccccc1COC(=O)C(C)=O. The van der Waals surface area contributed by atoms with Crippen LogP contribution in [-0.4, -0.2) is 11.8 Å². The quantitative estimate of drug-likeness (QED) is 0.556. The third-order valence-corrected chi connectivity index (χ3v) is 1.92. The monoisotopic (exact) mass is 204 g/mol. The number of hydrogen-bond acceptors (Lipinski definition) is 3. The fourth-order valence-corrected chi connectivity index (χ4v) is 1.11. The van der Waals surface area contributed by atoms with Gasteiger partial charge in [-0.05, 0) is 11.1 Å². The lowest BCUT2D eigenvalue weighted by Gasteiger charge is -2.05. The number of carbonyl (C=O) groups is 2. The Balaban J connectivity index is 2.69. The Morgan fingerprint density at radius 3 is 2.67 bits per heavy atom. The Morgan fingerprint density at radius 2 is 2.07 bits per heavy atom. The van der Waals surface area contributed by atoms with Crippen molar-refractivity contribution in [2.24, 2.45) is 0 Å². The van der Waals surface area contributed by atoms with Gasteiger partial charge in [-0.25, -0.2) is 4.79 Å². The molecule has 0 radical (unpaired) electrons. The molecule has 3 nitrogen and oxygen atoms in total. The minimum atomic E-state index is -0.811. The molecule has 0 unspecified atom stereocenters. The number of ketones is 1. The van der Waals surface area contributed by atoms with E-state index in [4.69, 9.17) is 4.74 Å². The second-order valence-electron chi connectivity index (χ2n) is 3.04. The highest BCUT2D eigenvalue weighted by atomic mass is 16.5. The minimum Gasteiger partial charge on any atom is -0.455 e. The zero-order chi connectivity index (χ0) is 11.3. The maximum Gasteiger partial charge on any atom is 0.374 e. The van der Waals surface area contributed by atoms with Crippen LogP contribution < -0.4 is 0 Å². The number of esters is 1. The minimum absolute atomic E-state index is 0.0978. The van der Waals surface area contributed by atoms with Crippen molar-refractivity contribution in [3.8, 4) is 0 Å². The van der Waals surface area contributed by atoms with Gasteiger partial charge < -0.3 is 4.74 Å². The molecule has 0 bridgehead atoms. The van der Waals surface area contributed by atoms with Gasteiger partial charge >= 0.3 is 5.97 Å². The van der Waals surface area contributed by atoms with Crippen LogP contribution in [0.5, 0.6) is 0 Å². The highest BCUT2D eigenvalue weighted by Gasteiger charge is 2.09. The van der Waals surface area contributed by atoms with Crippen molar-refractivity contribution in [1.82, 2.24) is 0 Å². The van der Waals surface area contributed by atoms with E-state index in [0.29, 0.717) is 0 Å². The van der Waals surface area contributed by atoms with Crippen molar-refractivity contribution in [3.05, 3.63) is 42.0 Å². The summed E-state index contributed by atoms with van der Waals surface area (Å²) >= 11 is 0. The highest BCUT2D eigenvalue weighted by Crippen LogP contribution is 2.11. The normalized spacial score (nSPS) is 9.40. The van der Waals surface area contributed by atoms with Crippen molar-refractivity contribution in [3.63, 3.8) is 0 Å². The van der Waals surface area contributed by atoms with Gasteiger partial charge in [0.15, 0.2) is 0 Å². The van der Waals surface area contributed by atoms with Crippen LogP contribution >= 0.6 is 0 Å². The van der Waals surface area contributed by atoms with E-state index in [1.54, 1.807) is 6.08 Å². The third-order valence-electron chi connectivity index (χ3n) is 1.92. The van der Waals surface area contributed by atoms with Crippen LogP contribution in [-0.2, 0) is 20.9 Å². The predicted molar refractivity (Wildman–Crippen MR) is 57.0 cm³/mol. The van der Waals surface area contributed by atoms with Gasteiger partial charge in [-0.1, -0.05) is 36.9 Å². The predicted octanol–water partition coefficient (Wildman–Crippen LogP) is 1.96. The average molecular weight is 204 g/mol. The molecule has 3 heteroatoms. The van der Waals surface area contributed by atoms with E-state index < -0.39 is 11.8 Å². The van der Waals surface area contributed by atoms with Gasteiger partial charge in [0.05, 0.1) is 0 Å². The smallest absolute Gasteiger partial charge is 0.374 e. The van der Waals surface area contributed by atoms with Crippen LogP contribution in [0.4, 0.5) is 0 Å². The number of rotatable bonds is 4. The second-order valence-corrected chi connectivity index (χ2v) is 3.04. The summed E-state index contributed by atoms with van der Waals surface area (Å²) in [5.41, 5.74) is 1.73. The first-order valence-corrected chi connectivity index (χ1v) is 4.53. The maximum absolute atomic E-state index is 10.9. The molecule has 78 valence electrons. The van der Waals surface area contributed by atoms with E-state index in [1.807, 2.05) is 24.3 Å². The van der Waals surface area contributed by atoms with Gasteiger partial charge in [-0.15, -0.1) is 0 Å². The van der Waals surface area contributed by atoms with E-state index in [0.717, 1.165) is 11.1 Å². The summed E-state index contributed by atoms with van der Waals surface area (Å²) in [6, 6.07) is 7.39. The van der Waals surface area contributed by atoms with E-state index in [9.17, 15) is 9.59 Å². The molecule has 0 N–H and O–H groups in total. The first kappa shape index (κ1) is 11.2. The first-order chi connectivity index (χ1) is 7.15. The number of ether oxygens (including phenoxy) is 1. The molecular formula is C12H12O3. The second kappa shape index (κ2) is 5.10. The van der Waals surface area contributed by atoms with Crippen molar-refractivity contribution < 1.29 is 14.3 Å². The Hall–Kier alpha value is -1.90. The molecule has 0 atom stereocenters. The summed E-state index contributed by atoms with van der Waals surface area (Å²) in [6.45, 7) is 4.93. The molecule has 0 aliphatic rings.